The first-order valence-electron chi connectivity index (χ1n) is 10.0. The van der Waals surface area contributed by atoms with Crippen LogP contribution in [0.25, 0.3) is 11.0 Å². The fraction of sp³-hybridized carbons (Fsp3) is 0.476. The van der Waals surface area contributed by atoms with Crippen molar-refractivity contribution in [3.63, 3.8) is 0 Å². The van der Waals surface area contributed by atoms with Crippen LogP contribution >= 0.6 is 0 Å². The Balaban J connectivity index is 1.33. The molecule has 146 valence electrons. The van der Waals surface area contributed by atoms with Crippen LogP contribution in [0.15, 0.2) is 41.3 Å². The highest BCUT2D eigenvalue weighted by atomic mass is 16.1. The van der Waals surface area contributed by atoms with Crippen molar-refractivity contribution in [3.05, 3.63) is 58.3 Å². The molecule has 1 aromatic carbocycles. The number of aromatic nitrogens is 4. The average Bonchev–Trinajstić information content (AvgIpc) is 3.34. The average molecular weight is 378 g/mol. The molecule has 0 spiro atoms. The first-order valence-corrected chi connectivity index (χ1v) is 10.0. The number of hydrogen-bond donors (Lipinski definition) is 2. The third-order valence-corrected chi connectivity index (χ3v) is 6.53. The van der Waals surface area contributed by atoms with E-state index >= 15 is 0 Å². The molecule has 28 heavy (non-hydrogen) atoms. The van der Waals surface area contributed by atoms with E-state index in [1.807, 2.05) is 7.05 Å². The molecule has 2 atom stereocenters. The van der Waals surface area contributed by atoms with Crippen LogP contribution < -0.4 is 10.9 Å². The highest BCUT2D eigenvalue weighted by Crippen LogP contribution is 2.42. The van der Waals surface area contributed by atoms with Gasteiger partial charge in [-0.05, 0) is 30.9 Å². The summed E-state index contributed by atoms with van der Waals surface area (Å²) in [4.78, 5) is 22.4. The number of hydrogen-bond acceptors (Lipinski definition) is 5. The number of H-pyrrole nitrogens is 1. The fourth-order valence-electron chi connectivity index (χ4n) is 5.02. The van der Waals surface area contributed by atoms with E-state index in [0.29, 0.717) is 28.9 Å². The van der Waals surface area contributed by atoms with E-state index in [1.54, 1.807) is 10.9 Å². The van der Waals surface area contributed by atoms with Gasteiger partial charge in [0.05, 0.1) is 12.7 Å². The van der Waals surface area contributed by atoms with E-state index in [-0.39, 0.29) is 5.56 Å². The largest absolute Gasteiger partial charge is 0.316 e. The summed E-state index contributed by atoms with van der Waals surface area (Å²) in [6.45, 7) is 4.93. The van der Waals surface area contributed by atoms with Crippen molar-refractivity contribution in [1.82, 2.24) is 30.0 Å². The highest BCUT2D eigenvalue weighted by molar-refractivity contribution is 5.72. The quantitative estimate of drug-likeness (QED) is 0.700. The molecule has 0 radical (unpaired) electrons. The van der Waals surface area contributed by atoms with Gasteiger partial charge in [0.15, 0.2) is 5.65 Å². The monoisotopic (exact) mass is 378 g/mol. The Morgan fingerprint density at radius 2 is 2.14 bits per heavy atom. The lowest BCUT2D eigenvalue weighted by Crippen LogP contribution is -2.33. The van der Waals surface area contributed by atoms with Gasteiger partial charge in [-0.3, -0.25) is 14.4 Å². The zero-order chi connectivity index (χ0) is 19.1. The third-order valence-electron chi connectivity index (χ3n) is 6.53. The molecule has 7 heteroatoms. The molecular formula is C21H26N6O. The number of benzene rings is 1. The molecule has 5 rings (SSSR count). The van der Waals surface area contributed by atoms with Gasteiger partial charge in [-0.2, -0.15) is 5.10 Å². The van der Waals surface area contributed by atoms with Gasteiger partial charge in [0, 0.05) is 32.1 Å². The zero-order valence-corrected chi connectivity index (χ0v) is 16.2. The first-order chi connectivity index (χ1) is 13.6. The molecule has 2 aliphatic rings. The molecule has 2 aromatic heterocycles. The molecule has 2 N–H and O–H groups in total. The van der Waals surface area contributed by atoms with Crippen molar-refractivity contribution < 1.29 is 0 Å². The van der Waals surface area contributed by atoms with E-state index in [9.17, 15) is 4.79 Å². The van der Waals surface area contributed by atoms with Crippen LogP contribution in [0.1, 0.15) is 17.8 Å². The van der Waals surface area contributed by atoms with Crippen molar-refractivity contribution in [1.29, 1.82) is 0 Å². The van der Waals surface area contributed by atoms with Crippen molar-refractivity contribution in [3.8, 4) is 0 Å². The lowest BCUT2D eigenvalue weighted by atomic mass is 9.76. The standard InChI is InChI=1S/C21H26N6O/c1-26-19-17(10-23-26)20(28)25-18(24-19)12-27-11-16-9-22-13-21(16,14-27)8-7-15-5-3-2-4-6-15/h2-6,10,16,22H,7-9,11-14H2,1H3,(H,24,25,28). The van der Waals surface area contributed by atoms with Gasteiger partial charge in [-0.25, -0.2) is 4.98 Å². The van der Waals surface area contributed by atoms with E-state index in [0.717, 1.165) is 38.4 Å². The molecule has 2 saturated heterocycles. The molecule has 2 unspecified atom stereocenters. The van der Waals surface area contributed by atoms with Crippen LogP contribution in [-0.4, -0.2) is 50.8 Å². The fourth-order valence-corrected chi connectivity index (χ4v) is 5.02. The topological polar surface area (TPSA) is 78.8 Å². The Hall–Kier alpha value is -2.51. The normalized spacial score (nSPS) is 24.8. The molecule has 4 heterocycles. The van der Waals surface area contributed by atoms with Gasteiger partial charge >= 0.3 is 0 Å². The van der Waals surface area contributed by atoms with E-state index < -0.39 is 0 Å². The Labute approximate surface area is 163 Å². The van der Waals surface area contributed by atoms with Crippen LogP contribution in [0.5, 0.6) is 0 Å². The predicted octanol–water partition coefficient (Wildman–Crippen LogP) is 1.31. The zero-order valence-electron chi connectivity index (χ0n) is 16.2. The Morgan fingerprint density at radius 3 is 3.00 bits per heavy atom. The van der Waals surface area contributed by atoms with Gasteiger partial charge in [0.1, 0.15) is 11.2 Å². The van der Waals surface area contributed by atoms with Crippen LogP contribution in [0.4, 0.5) is 0 Å². The van der Waals surface area contributed by atoms with Crippen LogP contribution in [0.3, 0.4) is 0 Å². The van der Waals surface area contributed by atoms with Crippen molar-refractivity contribution in [2.45, 2.75) is 19.4 Å². The van der Waals surface area contributed by atoms with Gasteiger partial charge in [0.25, 0.3) is 5.56 Å². The number of aromatic amines is 1. The minimum Gasteiger partial charge on any atom is -0.316 e. The van der Waals surface area contributed by atoms with Crippen molar-refractivity contribution >= 4 is 11.0 Å². The molecule has 2 fully saturated rings. The highest BCUT2D eigenvalue weighted by Gasteiger charge is 2.48. The number of nitrogens with one attached hydrogen (secondary N) is 2. The molecule has 0 aliphatic carbocycles. The summed E-state index contributed by atoms with van der Waals surface area (Å²) < 4.78 is 1.66. The summed E-state index contributed by atoms with van der Waals surface area (Å²) >= 11 is 0. The van der Waals surface area contributed by atoms with E-state index in [2.05, 4.69) is 55.6 Å². The number of rotatable bonds is 5. The lowest BCUT2D eigenvalue weighted by molar-refractivity contribution is 0.234. The number of fused-ring (bicyclic) bond motifs is 2. The summed E-state index contributed by atoms with van der Waals surface area (Å²) in [7, 11) is 1.82. The summed E-state index contributed by atoms with van der Waals surface area (Å²) in [5, 5.41) is 8.31. The van der Waals surface area contributed by atoms with Crippen molar-refractivity contribution in [2.24, 2.45) is 18.4 Å². The summed E-state index contributed by atoms with van der Waals surface area (Å²) in [6, 6.07) is 10.8. The second-order valence-electron chi connectivity index (χ2n) is 8.36. The molecule has 2 aliphatic heterocycles. The maximum absolute atomic E-state index is 12.3. The summed E-state index contributed by atoms with van der Waals surface area (Å²) in [5.74, 6) is 1.38. The summed E-state index contributed by atoms with van der Waals surface area (Å²) in [5.41, 5.74) is 2.27. The molecule has 0 saturated carbocycles. The Bertz CT molecular complexity index is 1040. The van der Waals surface area contributed by atoms with Crippen molar-refractivity contribution in [2.75, 3.05) is 26.2 Å². The second-order valence-corrected chi connectivity index (χ2v) is 8.36. The minimum absolute atomic E-state index is 0.104. The number of likely N-dealkylation sites (tertiary alicyclic amines) is 1. The molecule has 7 nitrogen and oxygen atoms in total. The Morgan fingerprint density at radius 1 is 1.29 bits per heavy atom. The smallest absolute Gasteiger partial charge is 0.262 e. The van der Waals surface area contributed by atoms with Gasteiger partial charge in [0.2, 0.25) is 0 Å². The van der Waals surface area contributed by atoms with E-state index in [1.165, 1.54) is 12.0 Å². The second kappa shape index (κ2) is 6.83. The predicted molar refractivity (Wildman–Crippen MR) is 108 cm³/mol. The van der Waals surface area contributed by atoms with E-state index in [4.69, 9.17) is 0 Å². The van der Waals surface area contributed by atoms with Gasteiger partial charge in [-0.15, -0.1) is 0 Å². The van der Waals surface area contributed by atoms with Gasteiger partial charge < -0.3 is 10.3 Å². The minimum atomic E-state index is -0.104. The molecule has 3 aromatic rings. The van der Waals surface area contributed by atoms with Crippen LogP contribution in [0.2, 0.25) is 0 Å². The SMILES string of the molecule is Cn1ncc2c(=O)[nH]c(CN3CC4CNCC4(CCc4ccccc4)C3)nc21. The first kappa shape index (κ1) is 17.6. The Kier molecular flexibility index (Phi) is 4.29. The molecule has 0 bridgehead atoms. The number of nitrogens with zero attached hydrogens (tertiary/aromatic N) is 4. The third kappa shape index (κ3) is 3.04. The number of aryl methyl sites for hydroxylation is 2. The molecule has 0 amide bonds. The van der Waals surface area contributed by atoms with Gasteiger partial charge in [-0.1, -0.05) is 30.3 Å². The molecular weight excluding hydrogens is 352 g/mol. The lowest BCUT2D eigenvalue weighted by Gasteiger charge is -2.28. The maximum Gasteiger partial charge on any atom is 0.262 e. The van der Waals surface area contributed by atoms with Crippen LogP contribution in [0, 0.1) is 11.3 Å². The maximum atomic E-state index is 12.3. The summed E-state index contributed by atoms with van der Waals surface area (Å²) in [6.07, 6.45) is 3.88. The van der Waals surface area contributed by atoms with Crippen LogP contribution in [-0.2, 0) is 20.0 Å².